The quantitative estimate of drug-likeness (QED) is 0.456. The molecule has 0 fully saturated rings. The van der Waals surface area contributed by atoms with Gasteiger partial charge in [0.1, 0.15) is 0 Å². The van der Waals surface area contributed by atoms with Crippen molar-refractivity contribution < 1.29 is 18.7 Å². The fourth-order valence-electron chi connectivity index (χ4n) is 0.437. The number of carbonyl (C=O) groups excluding carboxylic acids is 2. The summed E-state index contributed by atoms with van der Waals surface area (Å²) in [6, 6.07) is 0. The molecule has 0 aliphatic heterocycles. The summed E-state index contributed by atoms with van der Waals surface area (Å²) in [6.45, 7) is 2.80. The zero-order valence-corrected chi connectivity index (χ0v) is 6.39. The summed E-state index contributed by atoms with van der Waals surface area (Å²) in [4.78, 5) is 20.7. The smallest absolute Gasteiger partial charge is 0.367 e. The van der Waals surface area contributed by atoms with Crippen LogP contribution in [0, 0.1) is 0 Å². The van der Waals surface area contributed by atoms with Gasteiger partial charge in [-0.2, -0.15) is 4.39 Å². The highest BCUT2D eigenvalue weighted by molar-refractivity contribution is 5.96. The van der Waals surface area contributed by atoms with Crippen LogP contribution in [0.2, 0.25) is 0 Å². The normalized spacial score (nSPS) is 11.0. The number of ketones is 1. The first-order chi connectivity index (χ1) is 5.07. The Morgan fingerprint density at radius 3 is 2.45 bits per heavy atom. The molecule has 0 N–H and O–H groups in total. The number of rotatable bonds is 3. The molecule has 0 aromatic rings. The van der Waals surface area contributed by atoms with E-state index < -0.39 is 17.6 Å². The lowest BCUT2D eigenvalue weighted by Gasteiger charge is -1.96. The summed E-state index contributed by atoms with van der Waals surface area (Å²) in [7, 11) is 0. The van der Waals surface area contributed by atoms with E-state index in [0.717, 1.165) is 6.92 Å². The molecule has 3 nitrogen and oxygen atoms in total. The van der Waals surface area contributed by atoms with E-state index in [1.807, 2.05) is 0 Å². The van der Waals surface area contributed by atoms with Crippen LogP contribution in [0.4, 0.5) is 4.39 Å². The molecule has 0 aliphatic rings. The summed E-state index contributed by atoms with van der Waals surface area (Å²) < 4.78 is 16.7. The van der Waals surface area contributed by atoms with Gasteiger partial charge in [0.05, 0.1) is 6.61 Å². The molecule has 0 heterocycles. The Hall–Kier alpha value is -1.19. The lowest BCUT2D eigenvalue weighted by atomic mass is 10.4. The number of esters is 1. The number of allylic oxidation sites excluding steroid dienone is 1. The largest absolute Gasteiger partial charge is 0.461 e. The molecule has 0 aromatic carbocycles. The van der Waals surface area contributed by atoms with Crippen molar-refractivity contribution in [3.05, 3.63) is 11.9 Å². The molecule has 11 heavy (non-hydrogen) atoms. The average molecular weight is 160 g/mol. The maximum atomic E-state index is 12.4. The summed E-state index contributed by atoms with van der Waals surface area (Å²) in [5.74, 6) is -2.77. The van der Waals surface area contributed by atoms with Crippen LogP contribution in [0.25, 0.3) is 0 Å². The average Bonchev–Trinajstić information content (AvgIpc) is 1.86. The number of ether oxygens (including phenoxy) is 1. The van der Waals surface area contributed by atoms with Crippen molar-refractivity contribution in [3.63, 3.8) is 0 Å². The lowest BCUT2D eigenvalue weighted by molar-refractivity contribution is -0.140. The van der Waals surface area contributed by atoms with Gasteiger partial charge in [-0.15, -0.1) is 0 Å². The molecule has 62 valence electrons. The Kier molecular flexibility index (Phi) is 4.10. The number of hydrogen-bond donors (Lipinski definition) is 0. The molecule has 0 saturated heterocycles. The van der Waals surface area contributed by atoms with Crippen LogP contribution in [0.1, 0.15) is 13.8 Å². The van der Waals surface area contributed by atoms with Crippen molar-refractivity contribution in [2.75, 3.05) is 6.61 Å². The second kappa shape index (κ2) is 4.60. The predicted octanol–water partition coefficient (Wildman–Crippen LogP) is 0.992. The molecule has 0 radical (unpaired) electrons. The Morgan fingerprint density at radius 1 is 1.55 bits per heavy atom. The van der Waals surface area contributed by atoms with E-state index >= 15 is 0 Å². The lowest BCUT2D eigenvalue weighted by Crippen LogP contribution is -2.05. The third kappa shape index (κ3) is 4.25. The van der Waals surface area contributed by atoms with Gasteiger partial charge >= 0.3 is 5.97 Å². The summed E-state index contributed by atoms with van der Waals surface area (Å²) >= 11 is 0. The van der Waals surface area contributed by atoms with Gasteiger partial charge in [-0.1, -0.05) is 0 Å². The first kappa shape index (κ1) is 9.81. The molecule has 0 saturated carbocycles. The van der Waals surface area contributed by atoms with Crippen molar-refractivity contribution in [2.45, 2.75) is 13.8 Å². The van der Waals surface area contributed by atoms with Crippen LogP contribution in [-0.4, -0.2) is 18.4 Å². The Bertz CT molecular complexity index is 196. The Balaban J connectivity index is 4.12. The van der Waals surface area contributed by atoms with Crippen molar-refractivity contribution in [1.29, 1.82) is 0 Å². The van der Waals surface area contributed by atoms with E-state index in [2.05, 4.69) is 4.74 Å². The van der Waals surface area contributed by atoms with Crippen LogP contribution < -0.4 is 0 Å². The first-order valence-electron chi connectivity index (χ1n) is 3.12. The monoisotopic (exact) mass is 160 g/mol. The molecule has 0 spiro atoms. The summed E-state index contributed by atoms with van der Waals surface area (Å²) in [5, 5.41) is 0. The molecule has 0 atom stereocenters. The zero-order chi connectivity index (χ0) is 8.85. The van der Waals surface area contributed by atoms with Gasteiger partial charge in [0.2, 0.25) is 5.83 Å². The van der Waals surface area contributed by atoms with Gasteiger partial charge in [0.25, 0.3) is 0 Å². The van der Waals surface area contributed by atoms with E-state index in [9.17, 15) is 14.0 Å². The van der Waals surface area contributed by atoms with Crippen LogP contribution >= 0.6 is 0 Å². The first-order valence-corrected chi connectivity index (χ1v) is 3.12. The molecule has 0 amide bonds. The number of hydrogen-bond acceptors (Lipinski definition) is 3. The maximum Gasteiger partial charge on any atom is 0.367 e. The zero-order valence-electron chi connectivity index (χ0n) is 6.39. The minimum absolute atomic E-state index is 0.0952. The van der Waals surface area contributed by atoms with E-state index in [0.29, 0.717) is 6.08 Å². The second-order valence-corrected chi connectivity index (χ2v) is 1.82. The molecule has 0 bridgehead atoms. The molecule has 0 aromatic heterocycles. The molecule has 4 heteroatoms. The van der Waals surface area contributed by atoms with Gasteiger partial charge in [-0.3, -0.25) is 4.79 Å². The van der Waals surface area contributed by atoms with Crippen LogP contribution in [0.15, 0.2) is 11.9 Å². The van der Waals surface area contributed by atoms with Gasteiger partial charge in [-0.25, -0.2) is 4.79 Å². The van der Waals surface area contributed by atoms with E-state index in [1.165, 1.54) is 0 Å². The SMILES string of the molecule is CCOC(=O)/C(F)=C\C(C)=O. The fourth-order valence-corrected chi connectivity index (χ4v) is 0.437. The second-order valence-electron chi connectivity index (χ2n) is 1.82. The molecule has 0 unspecified atom stereocenters. The fraction of sp³-hybridized carbons (Fsp3) is 0.429. The minimum atomic E-state index is -1.15. The van der Waals surface area contributed by atoms with Crippen molar-refractivity contribution in [2.24, 2.45) is 0 Å². The van der Waals surface area contributed by atoms with Crippen LogP contribution in [-0.2, 0) is 14.3 Å². The predicted molar refractivity (Wildman–Crippen MR) is 36.5 cm³/mol. The number of carbonyl (C=O) groups is 2. The highest BCUT2D eigenvalue weighted by Crippen LogP contribution is 1.99. The van der Waals surface area contributed by atoms with Gasteiger partial charge in [0, 0.05) is 6.08 Å². The standard InChI is InChI=1S/C7H9FO3/c1-3-11-7(10)6(8)4-5(2)9/h4H,3H2,1-2H3/b6-4+. The molecular formula is C7H9FO3. The van der Waals surface area contributed by atoms with E-state index in [-0.39, 0.29) is 6.61 Å². The maximum absolute atomic E-state index is 12.4. The van der Waals surface area contributed by atoms with Gasteiger partial charge < -0.3 is 4.74 Å². The third-order valence-corrected chi connectivity index (χ3v) is 0.800. The molecular weight excluding hydrogens is 151 g/mol. The third-order valence-electron chi connectivity index (χ3n) is 0.800. The summed E-state index contributed by atoms with van der Waals surface area (Å²) in [5.41, 5.74) is 0. The van der Waals surface area contributed by atoms with E-state index in [1.54, 1.807) is 6.92 Å². The Morgan fingerprint density at radius 2 is 2.09 bits per heavy atom. The molecule has 0 aliphatic carbocycles. The molecule has 0 rings (SSSR count). The highest BCUT2D eigenvalue weighted by atomic mass is 19.1. The highest BCUT2D eigenvalue weighted by Gasteiger charge is 2.09. The topological polar surface area (TPSA) is 43.4 Å². The number of halogens is 1. The van der Waals surface area contributed by atoms with Crippen molar-refractivity contribution >= 4 is 11.8 Å². The summed E-state index contributed by atoms with van der Waals surface area (Å²) in [6.07, 6.45) is 0.595. The van der Waals surface area contributed by atoms with Crippen LogP contribution in [0.5, 0.6) is 0 Å². The van der Waals surface area contributed by atoms with Crippen LogP contribution in [0.3, 0.4) is 0 Å². The van der Waals surface area contributed by atoms with Gasteiger partial charge in [0.15, 0.2) is 5.78 Å². The van der Waals surface area contributed by atoms with Gasteiger partial charge in [-0.05, 0) is 13.8 Å². The van der Waals surface area contributed by atoms with E-state index in [4.69, 9.17) is 0 Å². The van der Waals surface area contributed by atoms with Crippen molar-refractivity contribution in [1.82, 2.24) is 0 Å². The van der Waals surface area contributed by atoms with Crippen molar-refractivity contribution in [3.8, 4) is 0 Å². The minimum Gasteiger partial charge on any atom is -0.461 e. The Labute approximate surface area is 63.8 Å².